The molecular weight excluding hydrogens is 285 g/mol. The molecule has 0 saturated carbocycles. The largest absolute Gasteiger partial charge is 0.385 e. The van der Waals surface area contributed by atoms with Gasteiger partial charge in [0.2, 0.25) is 5.91 Å². The fourth-order valence-corrected chi connectivity index (χ4v) is 1.97. The van der Waals surface area contributed by atoms with E-state index in [4.69, 9.17) is 17.3 Å². The molecule has 15 heavy (non-hydrogen) atoms. The third kappa shape index (κ3) is 3.17. The van der Waals surface area contributed by atoms with Crippen molar-refractivity contribution in [3.05, 3.63) is 33.3 Å². The summed E-state index contributed by atoms with van der Waals surface area (Å²) >= 11 is 8.91. The Balaban J connectivity index is 3.00. The van der Waals surface area contributed by atoms with Crippen molar-refractivity contribution in [1.29, 1.82) is 0 Å². The molecule has 0 aliphatic carbocycles. The number of aliphatic hydroxyl groups is 2. The average Bonchev–Trinajstić information content (AvgIpc) is 2.13. The van der Waals surface area contributed by atoms with Crippen molar-refractivity contribution in [2.75, 3.05) is 0 Å². The molecule has 0 heterocycles. The highest BCUT2D eigenvalue weighted by atomic mass is 79.9. The van der Waals surface area contributed by atoms with Crippen molar-refractivity contribution in [3.8, 4) is 0 Å². The van der Waals surface area contributed by atoms with Crippen molar-refractivity contribution < 1.29 is 15.0 Å². The van der Waals surface area contributed by atoms with Gasteiger partial charge in [-0.25, -0.2) is 0 Å². The number of rotatable bonds is 3. The van der Waals surface area contributed by atoms with Gasteiger partial charge in [0, 0.05) is 9.50 Å². The standard InChI is InChI=1S/C9H9BrClNO3/c10-5-1-4(2-6(11)3-5)7(13)8(14)9(12)15/h1-3,7-8,13-14H,(H2,12,15). The summed E-state index contributed by atoms with van der Waals surface area (Å²) < 4.78 is 0.640. The molecule has 0 spiro atoms. The van der Waals surface area contributed by atoms with E-state index in [1.807, 2.05) is 0 Å². The maximum absolute atomic E-state index is 10.7. The molecule has 1 aromatic carbocycles. The van der Waals surface area contributed by atoms with Crippen molar-refractivity contribution >= 4 is 33.4 Å². The molecule has 0 aromatic heterocycles. The van der Waals surface area contributed by atoms with E-state index >= 15 is 0 Å². The summed E-state index contributed by atoms with van der Waals surface area (Å²) in [6.45, 7) is 0. The predicted molar refractivity (Wildman–Crippen MR) is 59.3 cm³/mol. The first kappa shape index (κ1) is 12.4. The SMILES string of the molecule is NC(=O)C(O)C(O)c1cc(Cl)cc(Br)c1. The van der Waals surface area contributed by atoms with Gasteiger partial charge in [0.1, 0.15) is 6.10 Å². The number of halogens is 2. The van der Waals surface area contributed by atoms with Crippen molar-refractivity contribution in [1.82, 2.24) is 0 Å². The molecule has 2 unspecified atom stereocenters. The maximum atomic E-state index is 10.7. The number of primary amides is 1. The minimum absolute atomic E-state index is 0.320. The lowest BCUT2D eigenvalue weighted by atomic mass is 10.0. The molecular formula is C9H9BrClNO3. The molecule has 4 nitrogen and oxygen atoms in total. The molecule has 1 amide bonds. The van der Waals surface area contributed by atoms with Gasteiger partial charge in [-0.1, -0.05) is 27.5 Å². The van der Waals surface area contributed by atoms with Gasteiger partial charge in [0.25, 0.3) is 0 Å². The molecule has 0 aliphatic rings. The second-order valence-corrected chi connectivity index (χ2v) is 4.35. The Morgan fingerprint density at radius 1 is 1.40 bits per heavy atom. The number of hydrogen-bond donors (Lipinski definition) is 3. The van der Waals surface area contributed by atoms with E-state index in [0.29, 0.717) is 15.1 Å². The molecule has 82 valence electrons. The Bertz CT molecular complexity index is 365. The van der Waals surface area contributed by atoms with Gasteiger partial charge in [-0.2, -0.15) is 0 Å². The monoisotopic (exact) mass is 293 g/mol. The summed E-state index contributed by atoms with van der Waals surface area (Å²) in [6, 6.07) is 4.61. The predicted octanol–water partition coefficient (Wildman–Crippen LogP) is 0.982. The Morgan fingerprint density at radius 2 is 2.00 bits per heavy atom. The van der Waals surface area contributed by atoms with Crippen LogP contribution in [0.5, 0.6) is 0 Å². The number of amides is 1. The van der Waals surface area contributed by atoms with Crippen LogP contribution in [0.4, 0.5) is 0 Å². The van der Waals surface area contributed by atoms with E-state index in [1.165, 1.54) is 6.07 Å². The normalized spacial score (nSPS) is 14.7. The fraction of sp³-hybridized carbons (Fsp3) is 0.222. The van der Waals surface area contributed by atoms with Crippen molar-refractivity contribution in [2.24, 2.45) is 5.73 Å². The molecule has 0 bridgehead atoms. The van der Waals surface area contributed by atoms with E-state index in [1.54, 1.807) is 12.1 Å². The van der Waals surface area contributed by atoms with Gasteiger partial charge in [-0.15, -0.1) is 0 Å². The molecule has 0 fully saturated rings. The highest BCUT2D eigenvalue weighted by Gasteiger charge is 2.23. The topological polar surface area (TPSA) is 83.6 Å². The zero-order valence-electron chi connectivity index (χ0n) is 7.52. The summed E-state index contributed by atoms with van der Waals surface area (Å²) in [6.07, 6.45) is -3.02. The van der Waals surface area contributed by atoms with Crippen LogP contribution in [0.25, 0.3) is 0 Å². The van der Waals surface area contributed by atoms with Gasteiger partial charge in [0.05, 0.1) is 0 Å². The first-order valence-corrected chi connectivity index (χ1v) is 5.20. The van der Waals surface area contributed by atoms with Gasteiger partial charge in [0.15, 0.2) is 6.10 Å². The van der Waals surface area contributed by atoms with Crippen LogP contribution >= 0.6 is 27.5 Å². The lowest BCUT2D eigenvalue weighted by molar-refractivity contribution is -0.131. The summed E-state index contributed by atoms with van der Waals surface area (Å²) in [5.74, 6) is -0.987. The summed E-state index contributed by atoms with van der Waals surface area (Å²) in [5.41, 5.74) is 5.18. The summed E-state index contributed by atoms with van der Waals surface area (Å²) in [5, 5.41) is 19.2. The number of benzene rings is 1. The zero-order chi connectivity index (χ0) is 11.6. The average molecular weight is 295 g/mol. The van der Waals surface area contributed by atoms with E-state index in [-0.39, 0.29) is 0 Å². The molecule has 0 saturated heterocycles. The van der Waals surface area contributed by atoms with Crippen LogP contribution in [0, 0.1) is 0 Å². The number of nitrogens with two attached hydrogens (primary N) is 1. The molecule has 0 aliphatic heterocycles. The lowest BCUT2D eigenvalue weighted by Gasteiger charge is -2.15. The minimum Gasteiger partial charge on any atom is -0.385 e. The van der Waals surface area contributed by atoms with Gasteiger partial charge in [-0.3, -0.25) is 4.79 Å². The molecule has 1 rings (SSSR count). The quantitative estimate of drug-likeness (QED) is 0.777. The Labute approximate surface area is 99.8 Å². The molecule has 6 heteroatoms. The number of aliphatic hydroxyl groups excluding tert-OH is 2. The van der Waals surface area contributed by atoms with Gasteiger partial charge < -0.3 is 15.9 Å². The number of carbonyl (C=O) groups is 1. The van der Waals surface area contributed by atoms with Crippen LogP contribution in [0.1, 0.15) is 11.7 Å². The minimum atomic E-state index is -1.64. The van der Waals surface area contributed by atoms with Crippen LogP contribution in [-0.4, -0.2) is 22.2 Å². The van der Waals surface area contributed by atoms with Crippen molar-refractivity contribution in [3.63, 3.8) is 0 Å². The van der Waals surface area contributed by atoms with Crippen LogP contribution in [0.2, 0.25) is 5.02 Å². The number of hydrogen-bond acceptors (Lipinski definition) is 3. The van der Waals surface area contributed by atoms with Crippen molar-refractivity contribution in [2.45, 2.75) is 12.2 Å². The molecule has 1 aromatic rings. The summed E-state index contributed by atoms with van der Waals surface area (Å²) in [4.78, 5) is 10.7. The van der Waals surface area contributed by atoms with E-state index < -0.39 is 18.1 Å². The van der Waals surface area contributed by atoms with E-state index in [0.717, 1.165) is 0 Å². The van der Waals surface area contributed by atoms with E-state index in [2.05, 4.69) is 15.9 Å². The highest BCUT2D eigenvalue weighted by Crippen LogP contribution is 2.25. The van der Waals surface area contributed by atoms with Crippen LogP contribution < -0.4 is 5.73 Å². The Kier molecular flexibility index (Phi) is 4.10. The first-order valence-electron chi connectivity index (χ1n) is 4.03. The van der Waals surface area contributed by atoms with Crippen LogP contribution in [-0.2, 0) is 4.79 Å². The molecule has 4 N–H and O–H groups in total. The second kappa shape index (κ2) is 4.94. The van der Waals surface area contributed by atoms with Gasteiger partial charge in [-0.05, 0) is 23.8 Å². The molecule has 0 radical (unpaired) electrons. The first-order chi connectivity index (χ1) is 6.91. The smallest absolute Gasteiger partial charge is 0.249 e. The van der Waals surface area contributed by atoms with Gasteiger partial charge >= 0.3 is 0 Å². The highest BCUT2D eigenvalue weighted by molar-refractivity contribution is 9.10. The fourth-order valence-electron chi connectivity index (χ4n) is 1.08. The summed E-state index contributed by atoms with van der Waals surface area (Å²) in [7, 11) is 0. The third-order valence-corrected chi connectivity index (χ3v) is 2.49. The number of carbonyl (C=O) groups excluding carboxylic acids is 1. The maximum Gasteiger partial charge on any atom is 0.249 e. The lowest BCUT2D eigenvalue weighted by Crippen LogP contribution is -2.33. The van der Waals surface area contributed by atoms with Crippen LogP contribution in [0.15, 0.2) is 22.7 Å². The van der Waals surface area contributed by atoms with E-state index in [9.17, 15) is 15.0 Å². The van der Waals surface area contributed by atoms with Crippen LogP contribution in [0.3, 0.4) is 0 Å². The Hall–Kier alpha value is -0.620. The third-order valence-electron chi connectivity index (χ3n) is 1.82. The zero-order valence-corrected chi connectivity index (χ0v) is 9.86. The Morgan fingerprint density at radius 3 is 2.47 bits per heavy atom. The second-order valence-electron chi connectivity index (χ2n) is 2.99. The molecule has 2 atom stereocenters.